The Morgan fingerprint density at radius 1 is 1.70 bits per heavy atom. The summed E-state index contributed by atoms with van der Waals surface area (Å²) in [6.07, 6.45) is 1.02. The molecule has 1 N–H and O–H groups in total. The van der Waals surface area contributed by atoms with Crippen molar-refractivity contribution in [3.63, 3.8) is 0 Å². The first kappa shape index (κ1) is 7.38. The van der Waals surface area contributed by atoms with Crippen LogP contribution in [0, 0.1) is 0 Å². The van der Waals surface area contributed by atoms with Crippen molar-refractivity contribution in [3.8, 4) is 0 Å². The maximum atomic E-state index is 4.15. The molecule has 0 saturated heterocycles. The van der Waals surface area contributed by atoms with Crippen LogP contribution in [-0.2, 0) is 0 Å². The molecule has 0 aromatic heterocycles. The Morgan fingerprint density at radius 2 is 2.40 bits per heavy atom. The summed E-state index contributed by atoms with van der Waals surface area (Å²) in [6, 6.07) is 0.564. The van der Waals surface area contributed by atoms with Gasteiger partial charge in [-0.2, -0.15) is 5.10 Å². The topological polar surface area (TPSA) is 27.6 Å². The summed E-state index contributed by atoms with van der Waals surface area (Å²) in [4.78, 5) is 2.26. The average molecular weight is 141 g/mol. The second-order valence-corrected chi connectivity index (χ2v) is 2.76. The van der Waals surface area contributed by atoms with Crippen molar-refractivity contribution in [1.29, 1.82) is 0 Å². The normalized spacial score (nSPS) is 17.6. The van der Waals surface area contributed by atoms with E-state index >= 15 is 0 Å². The maximum Gasteiger partial charge on any atom is 0.126 e. The molecule has 0 unspecified atom stereocenters. The molecule has 1 aliphatic rings. The summed E-state index contributed by atoms with van der Waals surface area (Å²) in [5.41, 5.74) is 2.97. The van der Waals surface area contributed by atoms with Gasteiger partial charge in [0.05, 0.1) is 0 Å². The van der Waals surface area contributed by atoms with Gasteiger partial charge in [-0.1, -0.05) is 6.92 Å². The molecule has 0 radical (unpaired) electrons. The Labute approximate surface area is 62.1 Å². The molecule has 3 heteroatoms. The predicted molar refractivity (Wildman–Crippen MR) is 42.7 cm³/mol. The Hall–Kier alpha value is -0.730. The molecular formula is C7H15N3. The van der Waals surface area contributed by atoms with E-state index in [1.165, 1.54) is 5.84 Å². The van der Waals surface area contributed by atoms with E-state index in [9.17, 15) is 0 Å². The van der Waals surface area contributed by atoms with Gasteiger partial charge in [0, 0.05) is 12.5 Å². The lowest BCUT2D eigenvalue weighted by Gasteiger charge is -2.22. The van der Waals surface area contributed by atoms with Crippen molar-refractivity contribution >= 4 is 5.84 Å². The number of hydrogen-bond acceptors (Lipinski definition) is 3. The summed E-state index contributed by atoms with van der Waals surface area (Å²) in [6.45, 7) is 7.36. The highest BCUT2D eigenvalue weighted by Crippen LogP contribution is 2.05. The summed E-state index contributed by atoms with van der Waals surface area (Å²) in [5.74, 6) is 1.18. The Bertz CT molecular complexity index is 140. The van der Waals surface area contributed by atoms with E-state index in [1.54, 1.807) is 0 Å². The Morgan fingerprint density at radius 3 is 2.80 bits per heavy atom. The number of amidine groups is 1. The van der Waals surface area contributed by atoms with Gasteiger partial charge in [-0.25, -0.2) is 0 Å². The van der Waals surface area contributed by atoms with Gasteiger partial charge in [-0.3, -0.25) is 5.43 Å². The zero-order valence-corrected chi connectivity index (χ0v) is 6.89. The van der Waals surface area contributed by atoms with Crippen LogP contribution in [0.15, 0.2) is 5.10 Å². The zero-order chi connectivity index (χ0) is 7.56. The van der Waals surface area contributed by atoms with E-state index < -0.39 is 0 Å². The highest BCUT2D eigenvalue weighted by molar-refractivity contribution is 5.83. The van der Waals surface area contributed by atoms with E-state index in [1.807, 2.05) is 0 Å². The standard InChI is InChI=1S/C7H15N3/c1-4-7-9-8-5-10(7)6(2)3/h6,8H,4-5H2,1-3H3. The molecule has 1 aliphatic heterocycles. The fraction of sp³-hybridized carbons (Fsp3) is 0.857. The highest BCUT2D eigenvalue weighted by Gasteiger charge is 2.16. The number of rotatable bonds is 2. The fourth-order valence-corrected chi connectivity index (χ4v) is 1.12. The third kappa shape index (κ3) is 1.23. The lowest BCUT2D eigenvalue weighted by Crippen LogP contribution is -2.35. The van der Waals surface area contributed by atoms with Crippen molar-refractivity contribution in [2.75, 3.05) is 6.67 Å². The number of hydrazone groups is 1. The smallest absolute Gasteiger partial charge is 0.126 e. The van der Waals surface area contributed by atoms with Gasteiger partial charge in [-0.05, 0) is 13.8 Å². The van der Waals surface area contributed by atoms with Crippen LogP contribution in [0.1, 0.15) is 27.2 Å². The molecule has 0 amide bonds. The van der Waals surface area contributed by atoms with Crippen molar-refractivity contribution in [2.45, 2.75) is 33.2 Å². The van der Waals surface area contributed by atoms with Crippen LogP contribution >= 0.6 is 0 Å². The molecule has 58 valence electrons. The summed E-state index contributed by atoms with van der Waals surface area (Å²) in [7, 11) is 0. The molecule has 0 aliphatic carbocycles. The monoisotopic (exact) mass is 141 g/mol. The van der Waals surface area contributed by atoms with E-state index in [2.05, 4.69) is 36.2 Å². The largest absolute Gasteiger partial charge is 0.337 e. The molecule has 3 nitrogen and oxygen atoms in total. The predicted octanol–water partition coefficient (Wildman–Crippen LogP) is 0.981. The third-order valence-corrected chi connectivity index (χ3v) is 1.72. The van der Waals surface area contributed by atoms with Gasteiger partial charge in [0.2, 0.25) is 0 Å². The first-order valence-electron chi connectivity index (χ1n) is 3.81. The van der Waals surface area contributed by atoms with Crippen LogP contribution in [0.2, 0.25) is 0 Å². The van der Waals surface area contributed by atoms with Gasteiger partial charge in [-0.15, -0.1) is 0 Å². The van der Waals surface area contributed by atoms with E-state index in [0.717, 1.165) is 13.1 Å². The minimum Gasteiger partial charge on any atom is -0.337 e. The third-order valence-electron chi connectivity index (χ3n) is 1.72. The van der Waals surface area contributed by atoms with Crippen LogP contribution in [0.5, 0.6) is 0 Å². The minimum absolute atomic E-state index is 0.564. The second-order valence-electron chi connectivity index (χ2n) is 2.76. The molecule has 0 aromatic rings. The van der Waals surface area contributed by atoms with Gasteiger partial charge in [0.15, 0.2) is 0 Å². The lowest BCUT2D eigenvalue weighted by atomic mass is 10.3. The van der Waals surface area contributed by atoms with E-state index in [-0.39, 0.29) is 0 Å². The summed E-state index contributed by atoms with van der Waals surface area (Å²) >= 11 is 0. The molecule has 0 atom stereocenters. The molecular weight excluding hydrogens is 126 g/mol. The van der Waals surface area contributed by atoms with Gasteiger partial charge < -0.3 is 4.90 Å². The Kier molecular flexibility index (Phi) is 2.14. The number of nitrogens with zero attached hydrogens (tertiary/aromatic N) is 2. The minimum atomic E-state index is 0.564. The maximum absolute atomic E-state index is 4.15. The average Bonchev–Trinajstić information content (AvgIpc) is 2.33. The molecule has 0 fully saturated rings. The van der Waals surface area contributed by atoms with Crippen molar-refractivity contribution < 1.29 is 0 Å². The molecule has 1 rings (SSSR count). The van der Waals surface area contributed by atoms with Crippen LogP contribution in [0.3, 0.4) is 0 Å². The molecule has 0 aromatic carbocycles. The van der Waals surface area contributed by atoms with E-state index in [0.29, 0.717) is 6.04 Å². The van der Waals surface area contributed by atoms with Gasteiger partial charge in [0.1, 0.15) is 12.5 Å². The summed E-state index contributed by atoms with van der Waals surface area (Å²) in [5, 5.41) is 4.15. The summed E-state index contributed by atoms with van der Waals surface area (Å²) < 4.78 is 0. The molecule has 0 bridgehead atoms. The Balaban J connectivity index is 2.54. The molecule has 0 saturated carbocycles. The number of hydrogen-bond donors (Lipinski definition) is 1. The first-order valence-corrected chi connectivity index (χ1v) is 3.81. The van der Waals surface area contributed by atoms with Crippen LogP contribution in [0.4, 0.5) is 0 Å². The van der Waals surface area contributed by atoms with Crippen LogP contribution in [-0.4, -0.2) is 23.4 Å². The van der Waals surface area contributed by atoms with Gasteiger partial charge >= 0.3 is 0 Å². The van der Waals surface area contributed by atoms with Crippen LogP contribution in [0.25, 0.3) is 0 Å². The van der Waals surface area contributed by atoms with Crippen molar-refractivity contribution in [2.24, 2.45) is 5.10 Å². The molecule has 10 heavy (non-hydrogen) atoms. The van der Waals surface area contributed by atoms with Crippen LogP contribution < -0.4 is 5.43 Å². The first-order chi connectivity index (χ1) is 4.75. The van der Waals surface area contributed by atoms with Gasteiger partial charge in [0.25, 0.3) is 0 Å². The lowest BCUT2D eigenvalue weighted by molar-refractivity contribution is 0.352. The van der Waals surface area contributed by atoms with Crippen molar-refractivity contribution in [3.05, 3.63) is 0 Å². The fourth-order valence-electron chi connectivity index (χ4n) is 1.12. The zero-order valence-electron chi connectivity index (χ0n) is 6.89. The number of nitrogens with one attached hydrogen (secondary N) is 1. The highest BCUT2D eigenvalue weighted by atomic mass is 15.5. The van der Waals surface area contributed by atoms with Crippen molar-refractivity contribution in [1.82, 2.24) is 10.3 Å². The molecule has 0 spiro atoms. The molecule has 1 heterocycles. The second kappa shape index (κ2) is 2.90. The quantitative estimate of drug-likeness (QED) is 0.620. The van der Waals surface area contributed by atoms with E-state index in [4.69, 9.17) is 0 Å². The SMILES string of the molecule is CCC1=NNCN1C(C)C.